The fraction of sp³-hybridized carbons (Fsp3) is 0. The molecular weight excluding hydrogens is 567 g/mol. The molecule has 0 fully saturated rings. The van der Waals surface area contributed by atoms with Crippen molar-refractivity contribution in [1.82, 2.24) is 0 Å². The lowest BCUT2D eigenvalue weighted by atomic mass is 9.94. The van der Waals surface area contributed by atoms with Gasteiger partial charge in [-0.2, -0.15) is 0 Å². The Morgan fingerprint density at radius 3 is 1.45 bits per heavy atom. The van der Waals surface area contributed by atoms with E-state index in [0.29, 0.717) is 0 Å². The number of fused-ring (bicyclic) bond motifs is 1. The van der Waals surface area contributed by atoms with Gasteiger partial charge in [0.05, 0.1) is 5.69 Å². The van der Waals surface area contributed by atoms with Crippen LogP contribution in [0.15, 0.2) is 200 Å². The van der Waals surface area contributed by atoms with Crippen molar-refractivity contribution in [2.24, 2.45) is 0 Å². The predicted molar refractivity (Wildman–Crippen MR) is 200 cm³/mol. The van der Waals surface area contributed by atoms with Crippen molar-refractivity contribution in [1.29, 1.82) is 0 Å². The molecule has 0 spiro atoms. The third-order valence-corrected chi connectivity index (χ3v) is 8.87. The number of para-hydroxylation sites is 1. The zero-order valence-corrected chi connectivity index (χ0v) is 26.0. The highest BCUT2D eigenvalue weighted by atomic mass is 15.1. The highest BCUT2D eigenvalue weighted by Crippen LogP contribution is 2.43. The molecule has 1 nitrogen and oxygen atoms in total. The van der Waals surface area contributed by atoms with Gasteiger partial charge in [-0.15, -0.1) is 0 Å². The first-order valence-corrected chi connectivity index (χ1v) is 16.1. The van der Waals surface area contributed by atoms with E-state index in [1.165, 1.54) is 55.3 Å². The molecular formula is C46H33N. The number of nitrogens with zero attached hydrogens (tertiary/aromatic N) is 1. The molecule has 0 atom stereocenters. The second-order valence-corrected chi connectivity index (χ2v) is 11.8. The summed E-state index contributed by atoms with van der Waals surface area (Å²) in [6.07, 6.45) is 0. The van der Waals surface area contributed by atoms with Gasteiger partial charge in [0.25, 0.3) is 0 Å². The molecule has 0 bridgehead atoms. The Bertz CT molecular complexity index is 2290. The molecule has 8 aromatic carbocycles. The zero-order chi connectivity index (χ0) is 31.4. The van der Waals surface area contributed by atoms with Crippen molar-refractivity contribution >= 4 is 27.8 Å². The molecule has 0 amide bonds. The summed E-state index contributed by atoms with van der Waals surface area (Å²) >= 11 is 0. The van der Waals surface area contributed by atoms with Crippen LogP contribution in [0.4, 0.5) is 17.1 Å². The molecule has 0 aliphatic rings. The van der Waals surface area contributed by atoms with E-state index < -0.39 is 0 Å². The van der Waals surface area contributed by atoms with Gasteiger partial charge >= 0.3 is 0 Å². The van der Waals surface area contributed by atoms with Crippen molar-refractivity contribution in [3.05, 3.63) is 200 Å². The van der Waals surface area contributed by atoms with E-state index in [1.54, 1.807) is 0 Å². The van der Waals surface area contributed by atoms with Gasteiger partial charge in [-0.1, -0.05) is 164 Å². The molecule has 222 valence electrons. The Kier molecular flexibility index (Phi) is 7.63. The topological polar surface area (TPSA) is 3.24 Å². The molecule has 0 unspecified atom stereocenters. The van der Waals surface area contributed by atoms with Gasteiger partial charge in [0.1, 0.15) is 0 Å². The molecule has 1 heteroatoms. The van der Waals surface area contributed by atoms with Gasteiger partial charge in [-0.05, 0) is 86.1 Å². The van der Waals surface area contributed by atoms with E-state index in [9.17, 15) is 0 Å². The van der Waals surface area contributed by atoms with Crippen LogP contribution in [0.3, 0.4) is 0 Å². The summed E-state index contributed by atoms with van der Waals surface area (Å²) in [5.74, 6) is 0. The van der Waals surface area contributed by atoms with Gasteiger partial charge in [0, 0.05) is 16.9 Å². The molecule has 0 saturated heterocycles. The number of hydrogen-bond acceptors (Lipinski definition) is 1. The lowest BCUT2D eigenvalue weighted by Crippen LogP contribution is -2.11. The van der Waals surface area contributed by atoms with Crippen LogP contribution in [-0.4, -0.2) is 0 Å². The number of hydrogen-bond donors (Lipinski definition) is 0. The Morgan fingerprint density at radius 1 is 0.255 bits per heavy atom. The minimum atomic E-state index is 1.10. The van der Waals surface area contributed by atoms with Crippen molar-refractivity contribution < 1.29 is 0 Å². The van der Waals surface area contributed by atoms with Crippen LogP contribution in [0.5, 0.6) is 0 Å². The highest BCUT2D eigenvalue weighted by molar-refractivity contribution is 5.92. The Labute approximate surface area is 276 Å². The minimum Gasteiger partial charge on any atom is -0.310 e. The monoisotopic (exact) mass is 599 g/mol. The summed E-state index contributed by atoms with van der Waals surface area (Å²) in [5.41, 5.74) is 13.0. The standard InChI is InChI=1S/C46H33N/c1-3-15-35(16-4-1)43-22-9-10-23-44(43)37-28-30-41(31-29-37)47(46-25-12-11-24-45(46)36-17-5-2-6-18-36)42-21-13-20-39(33-42)40-27-26-34-14-7-8-19-38(34)32-40/h1-33H. The summed E-state index contributed by atoms with van der Waals surface area (Å²) in [6, 6.07) is 71.8. The van der Waals surface area contributed by atoms with Crippen molar-refractivity contribution in [2.45, 2.75) is 0 Å². The SMILES string of the molecule is c1ccc(-c2ccccc2-c2ccc(N(c3cccc(-c4ccc5ccccc5c4)c3)c3ccccc3-c3ccccc3)cc2)cc1. The van der Waals surface area contributed by atoms with Crippen LogP contribution in [0.1, 0.15) is 0 Å². The molecule has 0 aromatic heterocycles. The maximum absolute atomic E-state index is 2.39. The number of benzene rings is 8. The van der Waals surface area contributed by atoms with Crippen LogP contribution in [0.2, 0.25) is 0 Å². The summed E-state index contributed by atoms with van der Waals surface area (Å²) in [4.78, 5) is 2.39. The number of rotatable bonds is 7. The summed E-state index contributed by atoms with van der Waals surface area (Å²) < 4.78 is 0. The second kappa shape index (κ2) is 12.7. The van der Waals surface area contributed by atoms with E-state index in [1.807, 2.05) is 0 Å². The third kappa shape index (κ3) is 5.72. The van der Waals surface area contributed by atoms with Crippen LogP contribution in [-0.2, 0) is 0 Å². The smallest absolute Gasteiger partial charge is 0.0540 e. The first kappa shape index (κ1) is 28.3. The van der Waals surface area contributed by atoms with E-state index in [0.717, 1.165) is 17.1 Å². The molecule has 0 aliphatic carbocycles. The van der Waals surface area contributed by atoms with Crippen LogP contribution < -0.4 is 4.90 Å². The van der Waals surface area contributed by atoms with E-state index >= 15 is 0 Å². The number of anilines is 3. The Morgan fingerprint density at radius 2 is 0.745 bits per heavy atom. The summed E-state index contributed by atoms with van der Waals surface area (Å²) in [5, 5.41) is 2.49. The first-order valence-electron chi connectivity index (χ1n) is 16.1. The molecule has 47 heavy (non-hydrogen) atoms. The van der Waals surface area contributed by atoms with E-state index in [4.69, 9.17) is 0 Å². The summed E-state index contributed by atoms with van der Waals surface area (Å²) in [7, 11) is 0. The maximum Gasteiger partial charge on any atom is 0.0540 e. The largest absolute Gasteiger partial charge is 0.310 e. The fourth-order valence-corrected chi connectivity index (χ4v) is 6.55. The third-order valence-electron chi connectivity index (χ3n) is 8.87. The van der Waals surface area contributed by atoms with Gasteiger partial charge in [0.2, 0.25) is 0 Å². The van der Waals surface area contributed by atoms with Crippen LogP contribution in [0.25, 0.3) is 55.3 Å². The average molecular weight is 600 g/mol. The van der Waals surface area contributed by atoms with Crippen molar-refractivity contribution in [2.75, 3.05) is 4.90 Å². The van der Waals surface area contributed by atoms with Crippen molar-refractivity contribution in [3.8, 4) is 44.5 Å². The minimum absolute atomic E-state index is 1.10. The summed E-state index contributed by atoms with van der Waals surface area (Å²) in [6.45, 7) is 0. The lowest BCUT2D eigenvalue weighted by Gasteiger charge is -2.28. The molecule has 0 saturated carbocycles. The Hall–Kier alpha value is -6.18. The van der Waals surface area contributed by atoms with Gasteiger partial charge in [0.15, 0.2) is 0 Å². The fourth-order valence-electron chi connectivity index (χ4n) is 6.55. The van der Waals surface area contributed by atoms with Crippen LogP contribution in [0, 0.1) is 0 Å². The molecule has 0 heterocycles. The highest BCUT2D eigenvalue weighted by Gasteiger charge is 2.18. The second-order valence-electron chi connectivity index (χ2n) is 11.8. The predicted octanol–water partition coefficient (Wildman–Crippen LogP) is 13.0. The molecule has 8 aromatic rings. The van der Waals surface area contributed by atoms with E-state index in [-0.39, 0.29) is 0 Å². The quantitative estimate of drug-likeness (QED) is 0.176. The zero-order valence-electron chi connectivity index (χ0n) is 26.0. The average Bonchev–Trinajstić information content (AvgIpc) is 3.16. The normalized spacial score (nSPS) is 11.0. The molecule has 8 rings (SSSR count). The first-order chi connectivity index (χ1) is 23.3. The molecule has 0 aliphatic heterocycles. The lowest BCUT2D eigenvalue weighted by molar-refractivity contribution is 1.28. The van der Waals surface area contributed by atoms with Gasteiger partial charge in [-0.3, -0.25) is 0 Å². The van der Waals surface area contributed by atoms with Gasteiger partial charge in [-0.25, -0.2) is 0 Å². The van der Waals surface area contributed by atoms with E-state index in [2.05, 4.69) is 205 Å². The Balaban J connectivity index is 1.26. The van der Waals surface area contributed by atoms with Crippen molar-refractivity contribution in [3.63, 3.8) is 0 Å². The van der Waals surface area contributed by atoms with Gasteiger partial charge < -0.3 is 4.90 Å². The van der Waals surface area contributed by atoms with Crippen LogP contribution >= 0.6 is 0 Å². The maximum atomic E-state index is 2.39. The molecule has 0 N–H and O–H groups in total. The molecule has 0 radical (unpaired) electrons.